The first kappa shape index (κ1) is 14.9. The van der Waals surface area contributed by atoms with E-state index in [2.05, 4.69) is 32.3 Å². The zero-order valence-corrected chi connectivity index (χ0v) is 13.0. The molecule has 2 aromatic rings. The number of nitrogens with one attached hydrogen (secondary N) is 1. The molecule has 1 aliphatic heterocycles. The molecule has 1 saturated heterocycles. The molecular formula is C17H22N4O. The topological polar surface area (TPSA) is 50.3 Å². The number of nitrogens with zero attached hydrogens (tertiary/aromatic N) is 3. The summed E-state index contributed by atoms with van der Waals surface area (Å²) in [6.07, 6.45) is 0. The van der Waals surface area contributed by atoms with E-state index in [1.54, 1.807) is 0 Å². The fourth-order valence-corrected chi connectivity index (χ4v) is 2.58. The monoisotopic (exact) mass is 298 g/mol. The van der Waals surface area contributed by atoms with Gasteiger partial charge in [-0.05, 0) is 6.92 Å². The van der Waals surface area contributed by atoms with Gasteiger partial charge < -0.3 is 10.1 Å². The van der Waals surface area contributed by atoms with E-state index in [1.165, 1.54) is 0 Å². The molecule has 1 N–H and O–H groups in total. The normalized spacial score (nSPS) is 15.7. The Labute approximate surface area is 131 Å². The van der Waals surface area contributed by atoms with Gasteiger partial charge in [-0.25, -0.2) is 9.97 Å². The number of hydrogen-bond donors (Lipinski definition) is 1. The molecule has 0 atom stereocenters. The van der Waals surface area contributed by atoms with Crippen LogP contribution in [0.25, 0.3) is 11.3 Å². The number of ether oxygens (including phenoxy) is 1. The van der Waals surface area contributed by atoms with Gasteiger partial charge in [-0.2, -0.15) is 0 Å². The fraction of sp³-hybridized carbons (Fsp3) is 0.412. The standard InChI is InChI=1S/C17H22N4O/c1-14-19-16(15-5-3-2-4-6-15)13-17(20-14)18-7-8-21-9-11-22-12-10-21/h2-6,13H,7-12H2,1H3,(H,18,19,20). The van der Waals surface area contributed by atoms with Gasteiger partial charge in [0.2, 0.25) is 0 Å². The third-order valence-corrected chi connectivity index (χ3v) is 3.75. The zero-order chi connectivity index (χ0) is 15.2. The van der Waals surface area contributed by atoms with E-state index in [4.69, 9.17) is 4.74 Å². The van der Waals surface area contributed by atoms with Gasteiger partial charge >= 0.3 is 0 Å². The number of hydrogen-bond acceptors (Lipinski definition) is 5. The number of aryl methyl sites for hydroxylation is 1. The maximum Gasteiger partial charge on any atom is 0.130 e. The Bertz CT molecular complexity index is 597. The van der Waals surface area contributed by atoms with Gasteiger partial charge in [0.15, 0.2) is 0 Å². The van der Waals surface area contributed by atoms with Gasteiger partial charge in [0.05, 0.1) is 18.9 Å². The summed E-state index contributed by atoms with van der Waals surface area (Å²) < 4.78 is 5.36. The molecule has 0 amide bonds. The Morgan fingerprint density at radius 1 is 1.14 bits per heavy atom. The van der Waals surface area contributed by atoms with E-state index in [1.807, 2.05) is 31.2 Å². The lowest BCUT2D eigenvalue weighted by molar-refractivity contribution is 0.0398. The summed E-state index contributed by atoms with van der Waals surface area (Å²) in [5.74, 6) is 1.68. The Morgan fingerprint density at radius 3 is 2.68 bits per heavy atom. The van der Waals surface area contributed by atoms with Crippen molar-refractivity contribution in [3.05, 3.63) is 42.2 Å². The molecule has 0 radical (unpaired) electrons. The molecule has 2 heterocycles. The summed E-state index contributed by atoms with van der Waals surface area (Å²) in [5, 5.41) is 3.41. The van der Waals surface area contributed by atoms with Crippen molar-refractivity contribution in [1.82, 2.24) is 14.9 Å². The highest BCUT2D eigenvalue weighted by Gasteiger charge is 2.10. The molecule has 5 heteroatoms. The summed E-state index contributed by atoms with van der Waals surface area (Å²) in [6.45, 7) is 7.52. The second kappa shape index (κ2) is 7.33. The molecule has 116 valence electrons. The molecule has 5 nitrogen and oxygen atoms in total. The minimum absolute atomic E-state index is 0.787. The highest BCUT2D eigenvalue weighted by molar-refractivity contribution is 5.62. The van der Waals surface area contributed by atoms with Crippen LogP contribution < -0.4 is 5.32 Å². The fourth-order valence-electron chi connectivity index (χ4n) is 2.58. The van der Waals surface area contributed by atoms with E-state index in [0.29, 0.717) is 0 Å². The number of morpholine rings is 1. The first-order chi connectivity index (χ1) is 10.8. The minimum atomic E-state index is 0.787. The number of rotatable bonds is 5. The summed E-state index contributed by atoms with van der Waals surface area (Å²) in [7, 11) is 0. The van der Waals surface area contributed by atoms with Crippen molar-refractivity contribution in [3.8, 4) is 11.3 Å². The first-order valence-corrected chi connectivity index (χ1v) is 7.76. The molecule has 22 heavy (non-hydrogen) atoms. The molecule has 0 aliphatic carbocycles. The number of aromatic nitrogens is 2. The van der Waals surface area contributed by atoms with Crippen molar-refractivity contribution >= 4 is 5.82 Å². The summed E-state index contributed by atoms with van der Waals surface area (Å²) in [5.41, 5.74) is 2.08. The first-order valence-electron chi connectivity index (χ1n) is 7.76. The average Bonchev–Trinajstić information content (AvgIpc) is 2.56. The van der Waals surface area contributed by atoms with Gasteiger partial charge in [-0.3, -0.25) is 4.90 Å². The van der Waals surface area contributed by atoms with Crippen LogP contribution in [-0.2, 0) is 4.74 Å². The lowest BCUT2D eigenvalue weighted by atomic mass is 10.1. The highest BCUT2D eigenvalue weighted by atomic mass is 16.5. The summed E-state index contributed by atoms with van der Waals surface area (Å²) in [4.78, 5) is 11.4. The Kier molecular flexibility index (Phi) is 4.98. The highest BCUT2D eigenvalue weighted by Crippen LogP contribution is 2.19. The van der Waals surface area contributed by atoms with Crippen LogP contribution in [0.15, 0.2) is 36.4 Å². The van der Waals surface area contributed by atoms with Crippen LogP contribution in [0.5, 0.6) is 0 Å². The molecule has 0 saturated carbocycles. The van der Waals surface area contributed by atoms with Gasteiger partial charge in [0.25, 0.3) is 0 Å². The van der Waals surface area contributed by atoms with E-state index in [0.717, 1.165) is 62.3 Å². The van der Waals surface area contributed by atoms with Crippen LogP contribution in [0.1, 0.15) is 5.82 Å². The molecule has 1 fully saturated rings. The number of benzene rings is 1. The molecule has 0 unspecified atom stereocenters. The largest absolute Gasteiger partial charge is 0.379 e. The van der Waals surface area contributed by atoms with Crippen LogP contribution in [0, 0.1) is 6.92 Å². The van der Waals surface area contributed by atoms with E-state index in [9.17, 15) is 0 Å². The molecule has 1 aromatic heterocycles. The van der Waals surface area contributed by atoms with E-state index in [-0.39, 0.29) is 0 Å². The maximum atomic E-state index is 5.36. The maximum absolute atomic E-state index is 5.36. The van der Waals surface area contributed by atoms with Crippen LogP contribution in [0.4, 0.5) is 5.82 Å². The molecule has 0 bridgehead atoms. The SMILES string of the molecule is Cc1nc(NCCN2CCOCC2)cc(-c2ccccc2)n1. The summed E-state index contributed by atoms with van der Waals surface area (Å²) >= 11 is 0. The van der Waals surface area contributed by atoms with Gasteiger partial charge in [-0.1, -0.05) is 30.3 Å². The predicted octanol–water partition coefficient (Wildman–Crippen LogP) is 2.20. The van der Waals surface area contributed by atoms with Crippen molar-refractivity contribution in [3.63, 3.8) is 0 Å². The van der Waals surface area contributed by atoms with Crippen molar-refractivity contribution in [2.75, 3.05) is 44.7 Å². The van der Waals surface area contributed by atoms with Crippen LogP contribution in [0.3, 0.4) is 0 Å². The van der Waals surface area contributed by atoms with E-state index >= 15 is 0 Å². The van der Waals surface area contributed by atoms with Crippen molar-refractivity contribution in [2.45, 2.75) is 6.92 Å². The lowest BCUT2D eigenvalue weighted by Crippen LogP contribution is -2.39. The summed E-state index contributed by atoms with van der Waals surface area (Å²) in [6, 6.07) is 12.2. The third kappa shape index (κ3) is 4.02. The second-order valence-electron chi connectivity index (χ2n) is 5.43. The molecular weight excluding hydrogens is 276 g/mol. The van der Waals surface area contributed by atoms with Crippen molar-refractivity contribution < 1.29 is 4.74 Å². The Hall–Kier alpha value is -1.98. The van der Waals surface area contributed by atoms with Gasteiger partial charge in [0.1, 0.15) is 11.6 Å². The zero-order valence-electron chi connectivity index (χ0n) is 13.0. The smallest absolute Gasteiger partial charge is 0.130 e. The van der Waals surface area contributed by atoms with Crippen LogP contribution >= 0.6 is 0 Å². The van der Waals surface area contributed by atoms with Crippen molar-refractivity contribution in [2.24, 2.45) is 0 Å². The van der Waals surface area contributed by atoms with Gasteiger partial charge in [0, 0.05) is 37.8 Å². The average molecular weight is 298 g/mol. The molecule has 1 aromatic carbocycles. The molecule has 0 spiro atoms. The minimum Gasteiger partial charge on any atom is -0.379 e. The van der Waals surface area contributed by atoms with Crippen LogP contribution in [0.2, 0.25) is 0 Å². The Balaban J connectivity index is 1.62. The molecule has 1 aliphatic rings. The lowest BCUT2D eigenvalue weighted by Gasteiger charge is -2.26. The van der Waals surface area contributed by atoms with Crippen LogP contribution in [-0.4, -0.2) is 54.3 Å². The van der Waals surface area contributed by atoms with Gasteiger partial charge in [-0.15, -0.1) is 0 Å². The molecule has 3 rings (SSSR count). The Morgan fingerprint density at radius 2 is 1.91 bits per heavy atom. The van der Waals surface area contributed by atoms with E-state index < -0.39 is 0 Å². The number of anilines is 1. The van der Waals surface area contributed by atoms with Crippen molar-refractivity contribution in [1.29, 1.82) is 0 Å². The third-order valence-electron chi connectivity index (χ3n) is 3.75. The predicted molar refractivity (Wildman–Crippen MR) is 88.0 cm³/mol. The quantitative estimate of drug-likeness (QED) is 0.917. The second-order valence-corrected chi connectivity index (χ2v) is 5.43.